The molecule has 0 aliphatic carbocycles. The van der Waals surface area contributed by atoms with Gasteiger partial charge in [-0.15, -0.1) is 10.2 Å². The number of alkyl halides is 3. The molecule has 1 aliphatic rings. The monoisotopic (exact) mass is 343 g/mol. The number of halogens is 3. The van der Waals surface area contributed by atoms with Crippen molar-refractivity contribution in [3.63, 3.8) is 0 Å². The topological polar surface area (TPSA) is 55.6 Å². The molecule has 0 unspecified atom stereocenters. The molecule has 3 rings (SSSR count). The Hall–Kier alpha value is -1.61. The molecule has 0 bridgehead atoms. The van der Waals surface area contributed by atoms with E-state index in [2.05, 4.69) is 20.5 Å². The lowest BCUT2D eigenvalue weighted by Crippen LogP contribution is -2.29. The molecule has 0 amide bonds. The number of nitrogens with one attached hydrogen (secondary N) is 1. The second-order valence-electron chi connectivity index (χ2n) is 5.43. The van der Waals surface area contributed by atoms with Crippen molar-refractivity contribution >= 4 is 11.8 Å². The fraction of sp³-hybridized carbons (Fsp3) is 0.500. The Morgan fingerprint density at radius 2 is 2.13 bits per heavy atom. The molecule has 0 radical (unpaired) electrons. The third-order valence-electron chi connectivity index (χ3n) is 3.79. The highest BCUT2D eigenvalue weighted by molar-refractivity contribution is 7.99. The normalized spacial score (nSPS) is 19.0. The van der Waals surface area contributed by atoms with E-state index in [1.807, 2.05) is 11.6 Å². The summed E-state index contributed by atoms with van der Waals surface area (Å²) in [7, 11) is 1.87. The molecule has 23 heavy (non-hydrogen) atoms. The van der Waals surface area contributed by atoms with E-state index >= 15 is 0 Å². The van der Waals surface area contributed by atoms with Gasteiger partial charge in [0.25, 0.3) is 0 Å². The van der Waals surface area contributed by atoms with Gasteiger partial charge in [0.2, 0.25) is 0 Å². The van der Waals surface area contributed by atoms with Crippen LogP contribution in [-0.2, 0) is 13.2 Å². The molecule has 9 heteroatoms. The Bertz CT molecular complexity index is 662. The molecule has 1 aliphatic heterocycles. The summed E-state index contributed by atoms with van der Waals surface area (Å²) >= 11 is 1.21. The van der Waals surface area contributed by atoms with Crippen LogP contribution in [0.1, 0.15) is 30.1 Å². The second kappa shape index (κ2) is 6.48. The highest BCUT2D eigenvalue weighted by atomic mass is 32.2. The molecule has 0 saturated carbocycles. The van der Waals surface area contributed by atoms with Crippen molar-refractivity contribution in [2.45, 2.75) is 35.1 Å². The minimum atomic E-state index is -4.37. The van der Waals surface area contributed by atoms with Gasteiger partial charge in [0.15, 0.2) is 5.16 Å². The Morgan fingerprint density at radius 3 is 2.74 bits per heavy atom. The fourth-order valence-electron chi connectivity index (χ4n) is 2.54. The Balaban J connectivity index is 1.74. The summed E-state index contributed by atoms with van der Waals surface area (Å²) in [5, 5.41) is 12.8. The number of hydrogen-bond donors (Lipinski definition) is 1. The van der Waals surface area contributed by atoms with Gasteiger partial charge in [-0.3, -0.25) is 0 Å². The number of hydrogen-bond acceptors (Lipinski definition) is 5. The molecular weight excluding hydrogens is 327 g/mol. The summed E-state index contributed by atoms with van der Waals surface area (Å²) < 4.78 is 39.5. The van der Waals surface area contributed by atoms with Crippen LogP contribution in [-0.4, -0.2) is 32.8 Å². The lowest BCUT2D eigenvalue weighted by molar-refractivity contribution is -0.137. The molecule has 1 fully saturated rings. The van der Waals surface area contributed by atoms with Crippen LogP contribution >= 0.6 is 11.8 Å². The van der Waals surface area contributed by atoms with Gasteiger partial charge in [-0.1, -0.05) is 0 Å². The van der Waals surface area contributed by atoms with E-state index < -0.39 is 11.7 Å². The lowest BCUT2D eigenvalue weighted by atomic mass is 9.99. The maximum absolute atomic E-state index is 12.5. The fourth-order valence-corrected chi connectivity index (χ4v) is 3.29. The first kappa shape index (κ1) is 16.3. The number of nitrogens with zero attached hydrogens (tertiary/aromatic N) is 4. The molecule has 0 aromatic carbocycles. The first-order valence-electron chi connectivity index (χ1n) is 7.26. The summed E-state index contributed by atoms with van der Waals surface area (Å²) in [6.45, 7) is 1.89. The average molecular weight is 343 g/mol. The van der Waals surface area contributed by atoms with Gasteiger partial charge < -0.3 is 9.88 Å². The standard InChI is InChI=1S/C14H16F3N5S/c1-22-12(9-3-2-6-18-7-9)20-21-13(22)23-11-5-4-10(8-19-11)14(15,16)17/h4-5,8-9,18H,2-3,6-7H2,1H3/t9-/m1/s1. The minimum Gasteiger partial charge on any atom is -0.316 e. The third kappa shape index (κ3) is 3.66. The van der Waals surface area contributed by atoms with E-state index in [9.17, 15) is 13.2 Å². The van der Waals surface area contributed by atoms with Crippen molar-refractivity contribution < 1.29 is 13.2 Å². The maximum atomic E-state index is 12.5. The van der Waals surface area contributed by atoms with Crippen LogP contribution in [0.4, 0.5) is 13.2 Å². The SMILES string of the molecule is Cn1c(Sc2ccc(C(F)(F)F)cn2)nnc1[C@@H]1CCCNC1. The van der Waals surface area contributed by atoms with Crippen LogP contribution < -0.4 is 5.32 Å². The van der Waals surface area contributed by atoms with Gasteiger partial charge in [-0.2, -0.15) is 13.2 Å². The van der Waals surface area contributed by atoms with E-state index in [0.29, 0.717) is 16.1 Å². The molecule has 2 aromatic rings. The van der Waals surface area contributed by atoms with Crippen molar-refractivity contribution in [1.29, 1.82) is 0 Å². The van der Waals surface area contributed by atoms with Crippen LogP contribution in [0.5, 0.6) is 0 Å². The first-order chi connectivity index (χ1) is 10.9. The minimum absolute atomic E-state index is 0.316. The average Bonchev–Trinajstić information content (AvgIpc) is 2.89. The zero-order chi connectivity index (χ0) is 16.4. The van der Waals surface area contributed by atoms with Crippen LogP contribution in [0.2, 0.25) is 0 Å². The number of piperidine rings is 1. The molecule has 1 saturated heterocycles. The number of aromatic nitrogens is 4. The highest BCUT2D eigenvalue weighted by Gasteiger charge is 2.30. The lowest BCUT2D eigenvalue weighted by Gasteiger charge is -2.21. The van der Waals surface area contributed by atoms with Crippen molar-refractivity contribution in [1.82, 2.24) is 25.1 Å². The Labute approximate surface area is 135 Å². The van der Waals surface area contributed by atoms with E-state index in [-0.39, 0.29) is 0 Å². The zero-order valence-electron chi connectivity index (χ0n) is 12.5. The largest absolute Gasteiger partial charge is 0.417 e. The predicted molar refractivity (Wildman–Crippen MR) is 79.2 cm³/mol. The van der Waals surface area contributed by atoms with E-state index in [4.69, 9.17) is 0 Å². The van der Waals surface area contributed by atoms with E-state index in [0.717, 1.165) is 44.0 Å². The van der Waals surface area contributed by atoms with Gasteiger partial charge in [-0.25, -0.2) is 4.98 Å². The smallest absolute Gasteiger partial charge is 0.316 e. The molecule has 124 valence electrons. The predicted octanol–water partition coefficient (Wildman–Crippen LogP) is 2.85. The number of pyridine rings is 1. The van der Waals surface area contributed by atoms with Crippen LogP contribution in [0.3, 0.4) is 0 Å². The van der Waals surface area contributed by atoms with Crippen LogP contribution in [0, 0.1) is 0 Å². The van der Waals surface area contributed by atoms with Crippen molar-refractivity contribution in [2.24, 2.45) is 7.05 Å². The number of rotatable bonds is 3. The van der Waals surface area contributed by atoms with E-state index in [1.54, 1.807) is 0 Å². The van der Waals surface area contributed by atoms with Crippen molar-refractivity contribution in [2.75, 3.05) is 13.1 Å². The van der Waals surface area contributed by atoms with Gasteiger partial charge in [0, 0.05) is 25.7 Å². The summed E-state index contributed by atoms with van der Waals surface area (Å²) in [6, 6.07) is 2.38. The van der Waals surface area contributed by atoms with Crippen LogP contribution in [0.15, 0.2) is 28.5 Å². The van der Waals surface area contributed by atoms with Crippen LogP contribution in [0.25, 0.3) is 0 Å². The van der Waals surface area contributed by atoms with Gasteiger partial charge in [0.1, 0.15) is 10.9 Å². The molecule has 2 aromatic heterocycles. The van der Waals surface area contributed by atoms with Gasteiger partial charge in [-0.05, 0) is 43.3 Å². The summed E-state index contributed by atoms with van der Waals surface area (Å²) in [5.41, 5.74) is -0.756. The molecule has 1 N–H and O–H groups in total. The zero-order valence-corrected chi connectivity index (χ0v) is 13.3. The Morgan fingerprint density at radius 1 is 1.30 bits per heavy atom. The summed E-state index contributed by atoms with van der Waals surface area (Å²) in [6.07, 6.45) is -1.38. The highest BCUT2D eigenvalue weighted by Crippen LogP contribution is 2.32. The molecule has 3 heterocycles. The van der Waals surface area contributed by atoms with Crippen molar-refractivity contribution in [3.05, 3.63) is 29.7 Å². The van der Waals surface area contributed by atoms with Gasteiger partial charge in [0.05, 0.1) is 5.56 Å². The molecule has 1 atom stereocenters. The molecule has 0 spiro atoms. The van der Waals surface area contributed by atoms with E-state index in [1.165, 1.54) is 17.8 Å². The maximum Gasteiger partial charge on any atom is 0.417 e. The quantitative estimate of drug-likeness (QED) is 0.929. The summed E-state index contributed by atoms with van der Waals surface area (Å²) in [4.78, 5) is 3.85. The molecular formula is C14H16F3N5S. The summed E-state index contributed by atoms with van der Waals surface area (Å²) in [5.74, 6) is 1.21. The van der Waals surface area contributed by atoms with Gasteiger partial charge >= 0.3 is 6.18 Å². The Kier molecular flexibility index (Phi) is 4.58. The first-order valence-corrected chi connectivity index (χ1v) is 8.08. The van der Waals surface area contributed by atoms with Crippen molar-refractivity contribution in [3.8, 4) is 0 Å². The molecule has 5 nitrogen and oxygen atoms in total. The second-order valence-corrected chi connectivity index (χ2v) is 6.42. The third-order valence-corrected chi connectivity index (χ3v) is 4.78.